The minimum Gasteiger partial charge on any atom is -0.462 e. The van der Waals surface area contributed by atoms with Gasteiger partial charge in [-0.15, -0.1) is 0 Å². The summed E-state index contributed by atoms with van der Waals surface area (Å²) in [6, 6.07) is 17.7. The zero-order chi connectivity index (χ0) is 17.5. The van der Waals surface area contributed by atoms with Crippen LogP contribution in [0.3, 0.4) is 0 Å². The molecule has 1 N–H and O–H groups in total. The minimum atomic E-state index is -0.420. The second kappa shape index (κ2) is 8.57. The van der Waals surface area contributed by atoms with Crippen LogP contribution in [0.15, 0.2) is 67.0 Å². The average molecular weight is 445 g/mol. The largest absolute Gasteiger partial charge is 0.462 e. The standard InChI is InChI=1S/C19H16IN3O2/c20-16-6-4-5-14(11-16)9-10-25-18(24)15-12-21-19(22-13-15)23-17-7-2-1-3-8-17/h1-8,11-13H,9-10H2,(H,21,22,23). The molecule has 0 bridgehead atoms. The van der Waals surface area contributed by atoms with Crippen LogP contribution in [0.5, 0.6) is 0 Å². The molecule has 3 aromatic rings. The van der Waals surface area contributed by atoms with E-state index in [4.69, 9.17) is 4.74 Å². The van der Waals surface area contributed by atoms with Crippen molar-refractivity contribution in [2.75, 3.05) is 11.9 Å². The smallest absolute Gasteiger partial charge is 0.341 e. The molecule has 0 aliphatic carbocycles. The Balaban J connectivity index is 1.52. The van der Waals surface area contributed by atoms with Crippen molar-refractivity contribution in [3.05, 3.63) is 81.7 Å². The summed E-state index contributed by atoms with van der Waals surface area (Å²) in [7, 11) is 0. The Kier molecular flexibility index (Phi) is 5.95. The molecule has 2 aromatic carbocycles. The fourth-order valence-corrected chi connectivity index (χ4v) is 2.79. The lowest BCUT2D eigenvalue weighted by molar-refractivity contribution is 0.0508. The van der Waals surface area contributed by atoms with Crippen molar-refractivity contribution >= 4 is 40.2 Å². The Morgan fingerprint density at radius 2 is 1.80 bits per heavy atom. The van der Waals surface area contributed by atoms with Gasteiger partial charge in [-0.1, -0.05) is 30.3 Å². The van der Waals surface area contributed by atoms with Crippen LogP contribution in [0.1, 0.15) is 15.9 Å². The molecule has 0 saturated carbocycles. The van der Waals surface area contributed by atoms with Crippen molar-refractivity contribution in [3.8, 4) is 0 Å². The Morgan fingerprint density at radius 3 is 2.52 bits per heavy atom. The van der Waals surface area contributed by atoms with Crippen LogP contribution in [0.25, 0.3) is 0 Å². The predicted octanol–water partition coefficient (Wildman–Crippen LogP) is 4.22. The second-order valence-electron chi connectivity index (χ2n) is 5.30. The zero-order valence-corrected chi connectivity index (χ0v) is 15.5. The minimum absolute atomic E-state index is 0.322. The molecule has 0 aliphatic heterocycles. The number of benzene rings is 2. The molecule has 0 fully saturated rings. The summed E-state index contributed by atoms with van der Waals surface area (Å²) in [6.07, 6.45) is 3.61. The first-order valence-electron chi connectivity index (χ1n) is 7.76. The van der Waals surface area contributed by atoms with Gasteiger partial charge in [0.05, 0.1) is 12.2 Å². The Labute approximate surface area is 159 Å². The van der Waals surface area contributed by atoms with Crippen LogP contribution in [-0.4, -0.2) is 22.5 Å². The van der Waals surface area contributed by atoms with Gasteiger partial charge in [-0.05, 0) is 52.4 Å². The summed E-state index contributed by atoms with van der Waals surface area (Å²) in [5.74, 6) is 0.0125. The van der Waals surface area contributed by atoms with E-state index in [1.807, 2.05) is 48.5 Å². The van der Waals surface area contributed by atoms with E-state index in [-0.39, 0.29) is 0 Å². The number of carbonyl (C=O) groups is 1. The number of para-hydroxylation sites is 1. The molecule has 25 heavy (non-hydrogen) atoms. The SMILES string of the molecule is O=C(OCCc1cccc(I)c1)c1cnc(Nc2ccccc2)nc1. The molecule has 6 heteroatoms. The molecule has 0 unspecified atom stereocenters. The Hall–Kier alpha value is -2.48. The van der Waals surface area contributed by atoms with E-state index >= 15 is 0 Å². The van der Waals surface area contributed by atoms with Crippen LogP contribution in [-0.2, 0) is 11.2 Å². The topological polar surface area (TPSA) is 64.1 Å². The second-order valence-corrected chi connectivity index (χ2v) is 6.55. The number of hydrogen-bond acceptors (Lipinski definition) is 5. The van der Waals surface area contributed by atoms with E-state index in [0.717, 1.165) is 14.8 Å². The van der Waals surface area contributed by atoms with Crippen molar-refractivity contribution in [1.29, 1.82) is 0 Å². The quantitative estimate of drug-likeness (QED) is 0.455. The van der Waals surface area contributed by atoms with Crippen LogP contribution in [0.2, 0.25) is 0 Å². The lowest BCUT2D eigenvalue weighted by Gasteiger charge is -2.07. The fraction of sp³-hybridized carbons (Fsp3) is 0.105. The predicted molar refractivity (Wildman–Crippen MR) is 105 cm³/mol. The molecule has 126 valence electrons. The van der Waals surface area contributed by atoms with Gasteiger partial charge in [0.2, 0.25) is 5.95 Å². The van der Waals surface area contributed by atoms with E-state index in [2.05, 4.69) is 43.9 Å². The van der Waals surface area contributed by atoms with E-state index in [9.17, 15) is 4.79 Å². The van der Waals surface area contributed by atoms with Gasteiger partial charge in [0.25, 0.3) is 0 Å². The van der Waals surface area contributed by atoms with E-state index in [0.29, 0.717) is 24.5 Å². The molecular formula is C19H16IN3O2. The van der Waals surface area contributed by atoms with Crippen LogP contribution in [0.4, 0.5) is 11.6 Å². The molecule has 0 aliphatic rings. The maximum atomic E-state index is 12.0. The molecule has 0 spiro atoms. The molecule has 1 aromatic heterocycles. The molecule has 0 radical (unpaired) electrons. The highest BCUT2D eigenvalue weighted by Crippen LogP contribution is 2.12. The summed E-state index contributed by atoms with van der Waals surface area (Å²) in [5, 5.41) is 3.06. The van der Waals surface area contributed by atoms with Crippen LogP contribution >= 0.6 is 22.6 Å². The zero-order valence-electron chi connectivity index (χ0n) is 13.4. The summed E-state index contributed by atoms with van der Waals surface area (Å²) in [5.41, 5.74) is 2.36. The number of aromatic nitrogens is 2. The number of nitrogens with one attached hydrogen (secondary N) is 1. The Bertz CT molecular complexity index is 839. The lowest BCUT2D eigenvalue weighted by atomic mass is 10.2. The summed E-state index contributed by atoms with van der Waals surface area (Å²) in [6.45, 7) is 0.322. The van der Waals surface area contributed by atoms with E-state index in [1.54, 1.807) is 0 Å². The van der Waals surface area contributed by atoms with Gasteiger partial charge >= 0.3 is 5.97 Å². The van der Waals surface area contributed by atoms with Crippen molar-refractivity contribution in [2.24, 2.45) is 0 Å². The van der Waals surface area contributed by atoms with Crippen LogP contribution < -0.4 is 5.32 Å². The third-order valence-electron chi connectivity index (χ3n) is 3.43. The van der Waals surface area contributed by atoms with Gasteiger partial charge in [0.1, 0.15) is 0 Å². The average Bonchev–Trinajstić information content (AvgIpc) is 2.63. The monoisotopic (exact) mass is 445 g/mol. The van der Waals surface area contributed by atoms with Crippen molar-refractivity contribution in [3.63, 3.8) is 0 Å². The molecular weight excluding hydrogens is 429 g/mol. The molecule has 0 amide bonds. The maximum absolute atomic E-state index is 12.0. The van der Waals surface area contributed by atoms with Gasteiger partial charge in [-0.3, -0.25) is 0 Å². The molecule has 5 nitrogen and oxygen atoms in total. The maximum Gasteiger partial charge on any atom is 0.341 e. The third kappa shape index (κ3) is 5.25. The number of rotatable bonds is 6. The number of esters is 1. The summed E-state index contributed by atoms with van der Waals surface area (Å²) in [4.78, 5) is 20.3. The number of halogens is 1. The molecule has 0 saturated heterocycles. The van der Waals surface area contributed by atoms with Crippen LogP contribution in [0, 0.1) is 3.57 Å². The number of ether oxygens (including phenoxy) is 1. The third-order valence-corrected chi connectivity index (χ3v) is 4.10. The highest BCUT2D eigenvalue weighted by Gasteiger charge is 2.09. The fourth-order valence-electron chi connectivity index (χ4n) is 2.19. The van der Waals surface area contributed by atoms with Crippen molar-refractivity contribution in [2.45, 2.75) is 6.42 Å². The summed E-state index contributed by atoms with van der Waals surface area (Å²) < 4.78 is 6.45. The Morgan fingerprint density at radius 1 is 1.04 bits per heavy atom. The highest BCUT2D eigenvalue weighted by atomic mass is 127. The molecule has 1 heterocycles. The number of hydrogen-bond donors (Lipinski definition) is 1. The first kappa shape index (κ1) is 17.3. The molecule has 0 atom stereocenters. The van der Waals surface area contributed by atoms with Crippen molar-refractivity contribution in [1.82, 2.24) is 9.97 Å². The van der Waals surface area contributed by atoms with Gasteiger partial charge in [-0.25, -0.2) is 14.8 Å². The number of nitrogens with zero attached hydrogens (tertiary/aromatic N) is 2. The normalized spacial score (nSPS) is 10.3. The van der Waals surface area contributed by atoms with E-state index < -0.39 is 5.97 Å². The van der Waals surface area contributed by atoms with Gasteiger partial charge in [0.15, 0.2) is 0 Å². The number of anilines is 2. The highest BCUT2D eigenvalue weighted by molar-refractivity contribution is 14.1. The summed E-state index contributed by atoms with van der Waals surface area (Å²) >= 11 is 2.26. The van der Waals surface area contributed by atoms with Gasteiger partial charge in [0, 0.05) is 28.1 Å². The van der Waals surface area contributed by atoms with Crippen molar-refractivity contribution < 1.29 is 9.53 Å². The molecule has 3 rings (SSSR count). The van der Waals surface area contributed by atoms with E-state index in [1.165, 1.54) is 12.4 Å². The first-order chi connectivity index (χ1) is 12.2. The first-order valence-corrected chi connectivity index (χ1v) is 8.84. The number of carbonyl (C=O) groups excluding carboxylic acids is 1. The lowest BCUT2D eigenvalue weighted by Crippen LogP contribution is -2.09. The van der Waals surface area contributed by atoms with Gasteiger partial charge in [-0.2, -0.15) is 0 Å². The van der Waals surface area contributed by atoms with Gasteiger partial charge < -0.3 is 10.1 Å².